The molecular formula is C29H27N2O3PS2. The molecule has 2 fully saturated rings. The van der Waals surface area contributed by atoms with Crippen LogP contribution in [0, 0.1) is 0 Å². The van der Waals surface area contributed by atoms with Gasteiger partial charge in [0.25, 0.3) is 0 Å². The summed E-state index contributed by atoms with van der Waals surface area (Å²) in [5.74, 6) is 0. The average molecular weight is 547 g/mol. The smallest absolute Gasteiger partial charge is 0.209 e. The molecule has 0 bridgehead atoms. The van der Waals surface area contributed by atoms with Gasteiger partial charge in [-0.25, -0.2) is 5.09 Å². The SMILES string of the molecule is OP1(=S)NC(c2ccccc2)(c2ccccc2)C2OCOC2C(c2ccccc2)(c2ccccc2)N1S. The lowest BCUT2D eigenvalue weighted by atomic mass is 9.69. The molecule has 4 aromatic rings. The molecule has 2 saturated heterocycles. The van der Waals surface area contributed by atoms with Crippen LogP contribution in [0.15, 0.2) is 121 Å². The molecule has 3 atom stereocenters. The Hall–Kier alpha value is -2.32. The predicted molar refractivity (Wildman–Crippen MR) is 152 cm³/mol. The summed E-state index contributed by atoms with van der Waals surface area (Å²) in [4.78, 5) is 12.2. The molecule has 0 radical (unpaired) electrons. The van der Waals surface area contributed by atoms with Gasteiger partial charge in [-0.1, -0.05) is 134 Å². The van der Waals surface area contributed by atoms with Crippen LogP contribution in [-0.2, 0) is 32.4 Å². The Morgan fingerprint density at radius 2 is 1.08 bits per heavy atom. The number of nitrogens with one attached hydrogen (secondary N) is 1. The summed E-state index contributed by atoms with van der Waals surface area (Å²) < 4.78 is 14.7. The lowest BCUT2D eigenvalue weighted by Crippen LogP contribution is -2.57. The highest BCUT2D eigenvalue weighted by Crippen LogP contribution is 2.63. The van der Waals surface area contributed by atoms with E-state index in [0.717, 1.165) is 22.3 Å². The Kier molecular flexibility index (Phi) is 6.60. The zero-order chi connectivity index (χ0) is 25.5. The number of ether oxygens (including phenoxy) is 2. The molecule has 0 spiro atoms. The minimum absolute atomic E-state index is 0.0930. The highest BCUT2D eigenvalue weighted by atomic mass is 32.5. The molecule has 2 heterocycles. The third kappa shape index (κ3) is 3.85. The summed E-state index contributed by atoms with van der Waals surface area (Å²) in [6.07, 6.45) is -1.15. The molecule has 5 nitrogen and oxygen atoms in total. The summed E-state index contributed by atoms with van der Waals surface area (Å²) in [5, 5.41) is 3.54. The van der Waals surface area contributed by atoms with Crippen molar-refractivity contribution in [1.29, 1.82) is 0 Å². The van der Waals surface area contributed by atoms with Crippen LogP contribution in [0.25, 0.3) is 0 Å². The van der Waals surface area contributed by atoms with Gasteiger partial charge < -0.3 is 14.4 Å². The number of thiol groups is 1. The first-order chi connectivity index (χ1) is 18.0. The molecule has 0 amide bonds. The van der Waals surface area contributed by atoms with Crippen molar-refractivity contribution in [3.05, 3.63) is 144 Å². The fraction of sp³-hybridized carbons (Fsp3) is 0.172. The van der Waals surface area contributed by atoms with Gasteiger partial charge in [-0.2, -0.15) is 4.08 Å². The molecule has 0 aliphatic carbocycles. The van der Waals surface area contributed by atoms with Gasteiger partial charge in [0.2, 0.25) is 6.57 Å². The van der Waals surface area contributed by atoms with Crippen molar-refractivity contribution in [3.63, 3.8) is 0 Å². The van der Waals surface area contributed by atoms with Crippen LogP contribution in [0.2, 0.25) is 0 Å². The van der Waals surface area contributed by atoms with Crippen molar-refractivity contribution in [2.75, 3.05) is 6.79 Å². The first kappa shape index (κ1) is 25.0. The van der Waals surface area contributed by atoms with Gasteiger partial charge in [-0.3, -0.25) is 0 Å². The van der Waals surface area contributed by atoms with Crippen molar-refractivity contribution in [2.45, 2.75) is 23.3 Å². The van der Waals surface area contributed by atoms with E-state index in [1.165, 1.54) is 0 Å². The van der Waals surface area contributed by atoms with Crippen LogP contribution in [0.1, 0.15) is 22.3 Å². The molecule has 3 unspecified atom stereocenters. The summed E-state index contributed by atoms with van der Waals surface area (Å²) in [5.41, 5.74) is 1.57. The van der Waals surface area contributed by atoms with E-state index in [0.29, 0.717) is 0 Å². The summed E-state index contributed by atoms with van der Waals surface area (Å²) >= 11 is 11.1. The number of hydrogen-bond donors (Lipinski definition) is 3. The van der Waals surface area contributed by atoms with E-state index in [1.54, 1.807) is 4.08 Å². The zero-order valence-electron chi connectivity index (χ0n) is 19.9. The average Bonchev–Trinajstić information content (AvgIpc) is 3.43. The Morgan fingerprint density at radius 3 is 1.51 bits per heavy atom. The number of nitrogens with zero attached hydrogens (tertiary/aromatic N) is 1. The van der Waals surface area contributed by atoms with E-state index in [4.69, 9.17) is 34.1 Å². The molecule has 0 aromatic heterocycles. The van der Waals surface area contributed by atoms with Crippen LogP contribution in [0.3, 0.4) is 0 Å². The minimum atomic E-state index is -3.56. The molecular weight excluding hydrogens is 519 g/mol. The quantitative estimate of drug-likeness (QED) is 0.230. The molecule has 37 heavy (non-hydrogen) atoms. The van der Waals surface area contributed by atoms with Gasteiger partial charge in [0.15, 0.2) is 0 Å². The van der Waals surface area contributed by atoms with Gasteiger partial charge in [-0.05, 0) is 34.1 Å². The summed E-state index contributed by atoms with van der Waals surface area (Å²) in [6.45, 7) is -3.47. The van der Waals surface area contributed by atoms with E-state index in [-0.39, 0.29) is 6.79 Å². The Morgan fingerprint density at radius 1 is 0.703 bits per heavy atom. The van der Waals surface area contributed by atoms with Gasteiger partial charge in [0, 0.05) is 0 Å². The van der Waals surface area contributed by atoms with Gasteiger partial charge in [0.05, 0.1) is 0 Å². The van der Waals surface area contributed by atoms with Crippen LogP contribution in [0.4, 0.5) is 0 Å². The van der Waals surface area contributed by atoms with Gasteiger partial charge >= 0.3 is 0 Å². The topological polar surface area (TPSA) is 54.0 Å². The molecule has 2 N–H and O–H groups in total. The predicted octanol–water partition coefficient (Wildman–Crippen LogP) is 5.58. The lowest BCUT2D eigenvalue weighted by Gasteiger charge is -2.46. The lowest BCUT2D eigenvalue weighted by molar-refractivity contribution is 0.0114. The Bertz CT molecular complexity index is 1330. The van der Waals surface area contributed by atoms with E-state index < -0.39 is 29.9 Å². The number of fused-ring (bicyclic) bond motifs is 1. The van der Waals surface area contributed by atoms with Crippen molar-refractivity contribution < 1.29 is 14.4 Å². The summed E-state index contributed by atoms with van der Waals surface area (Å²) in [7, 11) is 0. The maximum atomic E-state index is 12.2. The standard InChI is InChI=1S/C29H27N2O3PS2/c32-35(37)30-28(22-13-5-1-6-14-22,23-15-7-2-8-16-23)26-27(34-21-33-26)29(31(35)36,24-17-9-3-10-18-24)25-19-11-4-12-20-25/h1-20,26-27,36H,21H2,(H2,30,32,37). The van der Waals surface area contributed by atoms with Crippen molar-refractivity contribution >= 4 is 31.2 Å². The third-order valence-corrected chi connectivity index (χ3v) is 11.1. The maximum Gasteiger partial charge on any atom is 0.209 e. The Labute approximate surface area is 227 Å². The first-order valence-corrected chi connectivity index (χ1v) is 15.2. The molecule has 2 aliphatic heterocycles. The maximum absolute atomic E-state index is 12.2. The van der Waals surface area contributed by atoms with E-state index >= 15 is 0 Å². The van der Waals surface area contributed by atoms with Crippen molar-refractivity contribution in [1.82, 2.24) is 9.16 Å². The molecule has 0 saturated carbocycles. The summed E-state index contributed by atoms with van der Waals surface area (Å²) in [6, 6.07) is 40.0. The second kappa shape index (κ2) is 9.77. The van der Waals surface area contributed by atoms with Gasteiger partial charge in [-0.15, -0.1) is 0 Å². The highest BCUT2D eigenvalue weighted by Gasteiger charge is 2.65. The van der Waals surface area contributed by atoms with Crippen molar-refractivity contribution in [3.8, 4) is 0 Å². The molecule has 8 heteroatoms. The number of rotatable bonds is 4. The first-order valence-electron chi connectivity index (χ1n) is 12.1. The number of benzene rings is 4. The second-order valence-corrected chi connectivity index (χ2v) is 13.2. The monoisotopic (exact) mass is 546 g/mol. The molecule has 4 aromatic carbocycles. The van der Waals surface area contributed by atoms with E-state index in [1.807, 2.05) is 121 Å². The number of hydrogen-bond acceptors (Lipinski definition) is 4. The molecule has 188 valence electrons. The van der Waals surface area contributed by atoms with Crippen LogP contribution in [-0.4, -0.2) is 28.0 Å². The molecule has 2 aliphatic rings. The van der Waals surface area contributed by atoms with Crippen LogP contribution in [0.5, 0.6) is 0 Å². The van der Waals surface area contributed by atoms with E-state index in [9.17, 15) is 4.89 Å². The highest BCUT2D eigenvalue weighted by molar-refractivity contribution is 8.13. The minimum Gasteiger partial charge on any atom is -0.347 e. The zero-order valence-corrected chi connectivity index (χ0v) is 22.5. The van der Waals surface area contributed by atoms with E-state index in [2.05, 4.69) is 5.09 Å². The second-order valence-electron chi connectivity index (χ2n) is 9.28. The normalized spacial score (nSPS) is 26.8. The van der Waals surface area contributed by atoms with Crippen molar-refractivity contribution in [2.24, 2.45) is 0 Å². The fourth-order valence-corrected chi connectivity index (χ4v) is 8.87. The Balaban J connectivity index is 1.72. The van der Waals surface area contributed by atoms with Crippen LogP contribution < -0.4 is 5.09 Å². The third-order valence-electron chi connectivity index (χ3n) is 7.39. The van der Waals surface area contributed by atoms with Crippen LogP contribution >= 0.6 is 19.4 Å². The largest absolute Gasteiger partial charge is 0.347 e. The van der Waals surface area contributed by atoms with Gasteiger partial charge in [0.1, 0.15) is 30.1 Å². The molecule has 6 rings (SSSR count). The fourth-order valence-electron chi connectivity index (χ4n) is 5.86.